The number of nitrogens with zero attached hydrogens (tertiary/aromatic N) is 2. The third kappa shape index (κ3) is 4.92. The molecule has 0 spiro atoms. The minimum atomic E-state index is -1.03. The first-order valence-electron chi connectivity index (χ1n) is 11.5. The molecule has 2 aromatic rings. The van der Waals surface area contributed by atoms with Crippen LogP contribution in [-0.4, -0.2) is 36.5 Å². The number of nitrogens with one attached hydrogen (secondary N) is 1. The predicted octanol–water partition coefficient (Wildman–Crippen LogP) is 3.96. The molecule has 1 N–H and O–H groups in total. The molecule has 0 radical (unpaired) electrons. The molecule has 1 aliphatic heterocycles. The summed E-state index contributed by atoms with van der Waals surface area (Å²) in [7, 11) is 0. The zero-order chi connectivity index (χ0) is 24.2. The van der Waals surface area contributed by atoms with Gasteiger partial charge in [-0.1, -0.05) is 18.6 Å². The molecule has 1 aliphatic carbocycles. The van der Waals surface area contributed by atoms with Crippen molar-refractivity contribution in [3.63, 3.8) is 0 Å². The third-order valence-corrected chi connectivity index (χ3v) is 7.27. The Morgan fingerprint density at radius 1 is 1.29 bits per heavy atom. The standard InChI is InChI=1S/C25H27N3O5S/c1-15(23(30)27-24-18(14-26)17-8-4-3-5-11-21(17)34-24)33-22(29)12-13-28-19-9-6-7-10-20(19)32-16(2)25(28)31/h6-7,9-10,15-16H,3-5,8,11-13H2,1-2H3,(H,27,30). The second kappa shape index (κ2) is 10.3. The summed E-state index contributed by atoms with van der Waals surface area (Å²) < 4.78 is 10.9. The monoisotopic (exact) mass is 481 g/mol. The van der Waals surface area contributed by atoms with Gasteiger partial charge in [-0.05, 0) is 57.2 Å². The molecule has 2 unspecified atom stereocenters. The molecule has 8 nitrogen and oxygen atoms in total. The van der Waals surface area contributed by atoms with Gasteiger partial charge in [0.25, 0.3) is 11.8 Å². The molecule has 9 heteroatoms. The Kier molecular flexibility index (Phi) is 7.17. The fourth-order valence-corrected chi connectivity index (χ4v) is 5.51. The average Bonchev–Trinajstić information content (AvgIpc) is 2.97. The van der Waals surface area contributed by atoms with Crippen LogP contribution >= 0.6 is 11.3 Å². The molecule has 4 rings (SSSR count). The Labute approximate surface area is 202 Å². The Bertz CT molecular complexity index is 1150. The van der Waals surface area contributed by atoms with E-state index in [-0.39, 0.29) is 18.9 Å². The number of hydrogen-bond acceptors (Lipinski definition) is 7. The number of anilines is 2. The highest BCUT2D eigenvalue weighted by Crippen LogP contribution is 2.37. The highest BCUT2D eigenvalue weighted by molar-refractivity contribution is 7.16. The predicted molar refractivity (Wildman–Crippen MR) is 128 cm³/mol. The maximum atomic E-state index is 12.7. The number of aryl methyl sites for hydroxylation is 1. The number of para-hydroxylation sites is 2. The number of fused-ring (bicyclic) bond motifs is 2. The van der Waals surface area contributed by atoms with Crippen molar-refractivity contribution in [2.75, 3.05) is 16.8 Å². The first kappa shape index (κ1) is 23.8. The van der Waals surface area contributed by atoms with Crippen molar-refractivity contribution in [1.82, 2.24) is 0 Å². The number of hydrogen-bond donors (Lipinski definition) is 1. The second-order valence-corrected chi connectivity index (χ2v) is 9.57. The Morgan fingerprint density at radius 2 is 2.06 bits per heavy atom. The van der Waals surface area contributed by atoms with Crippen LogP contribution in [0, 0.1) is 11.3 Å². The Morgan fingerprint density at radius 3 is 2.85 bits per heavy atom. The van der Waals surface area contributed by atoms with Crippen LogP contribution in [0.25, 0.3) is 0 Å². The highest BCUT2D eigenvalue weighted by Gasteiger charge is 2.32. The molecule has 178 valence electrons. The lowest BCUT2D eigenvalue weighted by Crippen LogP contribution is -2.45. The number of thiophene rings is 1. The van der Waals surface area contributed by atoms with Gasteiger partial charge in [0.15, 0.2) is 12.2 Å². The van der Waals surface area contributed by atoms with Crippen LogP contribution in [0.2, 0.25) is 0 Å². The Balaban J connectivity index is 1.35. The van der Waals surface area contributed by atoms with E-state index in [4.69, 9.17) is 9.47 Å². The van der Waals surface area contributed by atoms with Gasteiger partial charge >= 0.3 is 5.97 Å². The maximum absolute atomic E-state index is 12.7. The molecule has 2 heterocycles. The summed E-state index contributed by atoms with van der Waals surface area (Å²) in [6.45, 7) is 3.28. The molecule has 1 aromatic carbocycles. The van der Waals surface area contributed by atoms with Crippen LogP contribution in [0.15, 0.2) is 24.3 Å². The quantitative estimate of drug-likeness (QED) is 0.494. The molecule has 2 aliphatic rings. The molecule has 34 heavy (non-hydrogen) atoms. The van der Waals surface area contributed by atoms with Gasteiger partial charge in [-0.15, -0.1) is 11.3 Å². The average molecular weight is 482 g/mol. The highest BCUT2D eigenvalue weighted by atomic mass is 32.1. The number of nitriles is 1. The van der Waals surface area contributed by atoms with E-state index in [1.165, 1.54) is 23.2 Å². The molecule has 0 bridgehead atoms. The van der Waals surface area contributed by atoms with Crippen LogP contribution in [-0.2, 0) is 32.0 Å². The van der Waals surface area contributed by atoms with E-state index in [1.54, 1.807) is 25.1 Å². The maximum Gasteiger partial charge on any atom is 0.308 e. The van der Waals surface area contributed by atoms with Crippen molar-refractivity contribution in [1.29, 1.82) is 5.26 Å². The minimum absolute atomic E-state index is 0.0683. The molecule has 1 aromatic heterocycles. The van der Waals surface area contributed by atoms with E-state index in [9.17, 15) is 19.6 Å². The van der Waals surface area contributed by atoms with Crippen LogP contribution in [0.3, 0.4) is 0 Å². The van der Waals surface area contributed by atoms with Crippen molar-refractivity contribution in [3.8, 4) is 11.8 Å². The Hall–Kier alpha value is -3.38. The first-order chi connectivity index (χ1) is 16.4. The molecule has 0 fully saturated rings. The summed E-state index contributed by atoms with van der Waals surface area (Å²) in [6.07, 6.45) is 3.26. The zero-order valence-electron chi connectivity index (χ0n) is 19.3. The lowest BCUT2D eigenvalue weighted by molar-refractivity contribution is -0.153. The number of carbonyl (C=O) groups excluding carboxylic acids is 3. The van der Waals surface area contributed by atoms with E-state index in [0.29, 0.717) is 22.0 Å². The first-order valence-corrected chi connectivity index (χ1v) is 12.3. The number of esters is 1. The normalized spacial score (nSPS) is 18.0. The molecule has 0 saturated carbocycles. The minimum Gasteiger partial charge on any atom is -0.479 e. The van der Waals surface area contributed by atoms with Crippen molar-refractivity contribution in [2.24, 2.45) is 0 Å². The number of carbonyl (C=O) groups is 3. The molecular formula is C25H27N3O5S. The van der Waals surface area contributed by atoms with Crippen molar-refractivity contribution in [3.05, 3.63) is 40.3 Å². The topological polar surface area (TPSA) is 109 Å². The number of ether oxygens (including phenoxy) is 2. The smallest absolute Gasteiger partial charge is 0.308 e. The summed E-state index contributed by atoms with van der Waals surface area (Å²) in [4.78, 5) is 40.4. The lowest BCUT2D eigenvalue weighted by Gasteiger charge is -2.32. The zero-order valence-corrected chi connectivity index (χ0v) is 20.1. The SMILES string of the molecule is CC(OC(=O)CCN1C(=O)C(C)Oc2ccccc21)C(=O)Nc1sc2c(c1C#N)CCCCC2. The molecular weight excluding hydrogens is 454 g/mol. The number of rotatable bonds is 6. The van der Waals surface area contributed by atoms with E-state index in [0.717, 1.165) is 42.5 Å². The van der Waals surface area contributed by atoms with Gasteiger partial charge in [0.05, 0.1) is 17.7 Å². The van der Waals surface area contributed by atoms with E-state index >= 15 is 0 Å². The summed E-state index contributed by atoms with van der Waals surface area (Å²) in [5, 5.41) is 12.9. The van der Waals surface area contributed by atoms with Crippen molar-refractivity contribution in [2.45, 2.75) is 64.6 Å². The van der Waals surface area contributed by atoms with Gasteiger partial charge in [-0.3, -0.25) is 14.4 Å². The molecule has 2 amide bonds. The largest absolute Gasteiger partial charge is 0.479 e. The lowest BCUT2D eigenvalue weighted by atomic mass is 10.1. The van der Waals surface area contributed by atoms with Gasteiger partial charge in [0.2, 0.25) is 0 Å². The molecule has 2 atom stereocenters. The molecule has 0 saturated heterocycles. The third-order valence-electron chi connectivity index (χ3n) is 6.06. The van der Waals surface area contributed by atoms with E-state index in [2.05, 4.69) is 11.4 Å². The summed E-state index contributed by atoms with van der Waals surface area (Å²) >= 11 is 1.44. The summed E-state index contributed by atoms with van der Waals surface area (Å²) in [5.74, 6) is -0.727. The van der Waals surface area contributed by atoms with Crippen LogP contribution in [0.4, 0.5) is 10.7 Å². The summed E-state index contributed by atoms with van der Waals surface area (Å²) in [6, 6.07) is 9.37. The van der Waals surface area contributed by atoms with E-state index < -0.39 is 24.1 Å². The van der Waals surface area contributed by atoms with Crippen LogP contribution < -0.4 is 15.0 Å². The second-order valence-electron chi connectivity index (χ2n) is 8.47. The van der Waals surface area contributed by atoms with Gasteiger partial charge in [0.1, 0.15) is 16.8 Å². The fourth-order valence-electron chi connectivity index (χ4n) is 4.26. The van der Waals surface area contributed by atoms with Gasteiger partial charge in [-0.2, -0.15) is 5.26 Å². The van der Waals surface area contributed by atoms with Crippen LogP contribution in [0.5, 0.6) is 5.75 Å². The van der Waals surface area contributed by atoms with Gasteiger partial charge in [-0.25, -0.2) is 0 Å². The van der Waals surface area contributed by atoms with E-state index in [1.807, 2.05) is 6.07 Å². The summed E-state index contributed by atoms with van der Waals surface area (Å²) in [5.41, 5.74) is 2.16. The van der Waals surface area contributed by atoms with Crippen molar-refractivity contribution < 1.29 is 23.9 Å². The van der Waals surface area contributed by atoms with Gasteiger partial charge in [0, 0.05) is 11.4 Å². The van der Waals surface area contributed by atoms with Crippen molar-refractivity contribution >= 4 is 39.8 Å². The number of amides is 2. The number of benzene rings is 1. The fraction of sp³-hybridized carbons (Fsp3) is 0.440. The van der Waals surface area contributed by atoms with Crippen LogP contribution in [0.1, 0.15) is 55.5 Å². The van der Waals surface area contributed by atoms with Gasteiger partial charge < -0.3 is 19.7 Å².